The average Bonchev–Trinajstić information content (AvgIpc) is 1.85. The Morgan fingerprint density at radius 3 is 2.80 bits per heavy atom. The van der Waals surface area contributed by atoms with Crippen LogP contribution < -0.4 is 0 Å². The van der Waals surface area contributed by atoms with E-state index >= 15 is 0 Å². The zero-order valence-corrected chi connectivity index (χ0v) is 5.44. The highest BCUT2D eigenvalue weighted by molar-refractivity contribution is 5.65. The van der Waals surface area contributed by atoms with E-state index in [4.69, 9.17) is 0 Å². The fourth-order valence-corrected chi connectivity index (χ4v) is 0.319. The molecule has 0 saturated heterocycles. The fraction of sp³-hybridized carbons (Fsp3) is 0.400. The van der Waals surface area contributed by atoms with Crippen molar-refractivity contribution < 1.29 is 14.7 Å². The molecule has 0 aromatic heterocycles. The summed E-state index contributed by atoms with van der Waals surface area (Å²) in [4.78, 5) is 23.3. The third-order valence-electron chi connectivity index (χ3n) is 0.750. The van der Waals surface area contributed by atoms with Gasteiger partial charge in [0.05, 0.1) is 0 Å². The molecule has 0 rings (SSSR count). The van der Waals surface area contributed by atoms with Gasteiger partial charge in [-0.25, -0.2) is 0 Å². The summed E-state index contributed by atoms with van der Waals surface area (Å²) in [5, 5.41) is 8.68. The van der Waals surface area contributed by atoms with Crippen LogP contribution in [-0.4, -0.2) is 18.0 Å². The lowest BCUT2D eigenvalue weighted by molar-refractivity contribution is -0.755. The fourth-order valence-electron chi connectivity index (χ4n) is 0.319. The molecule has 0 aliphatic carbocycles. The minimum atomic E-state index is -0.901. The van der Waals surface area contributed by atoms with Crippen molar-refractivity contribution in [2.24, 2.45) is 0 Å². The molecule has 0 amide bonds. The molecule has 0 saturated carbocycles. The molecule has 0 atom stereocenters. The number of rotatable bonds is 4. The number of allylic oxidation sites excluding steroid dienone is 1. The second-order valence-electron chi connectivity index (χ2n) is 1.65. The Labute approximate surface area is 57.4 Å². The van der Waals surface area contributed by atoms with Crippen molar-refractivity contribution in [1.82, 2.24) is 0 Å². The van der Waals surface area contributed by atoms with Gasteiger partial charge in [0.25, 0.3) is 5.09 Å². The van der Waals surface area contributed by atoms with Gasteiger partial charge in [-0.05, 0) is 18.6 Å². The molecular formula is C5H7NO4. The number of hydrogen-bond acceptors (Lipinski definition) is 4. The highest BCUT2D eigenvalue weighted by atomic mass is 16.9. The molecule has 0 aliphatic heterocycles. The smallest absolute Gasteiger partial charge is 0.294 e. The zero-order chi connectivity index (χ0) is 7.98. The molecule has 10 heavy (non-hydrogen) atoms. The van der Waals surface area contributed by atoms with Crippen LogP contribution in [0.15, 0.2) is 11.6 Å². The highest BCUT2D eigenvalue weighted by Gasteiger charge is 1.93. The first kappa shape index (κ1) is 8.61. The molecule has 0 bridgehead atoms. The molecule has 0 unspecified atom stereocenters. The Morgan fingerprint density at radius 1 is 1.80 bits per heavy atom. The van der Waals surface area contributed by atoms with Gasteiger partial charge in [-0.3, -0.25) is 4.79 Å². The lowest BCUT2D eigenvalue weighted by Crippen LogP contribution is -2.02. The zero-order valence-electron chi connectivity index (χ0n) is 5.44. The Morgan fingerprint density at radius 2 is 2.40 bits per heavy atom. The number of aldehydes is 1. The average molecular weight is 145 g/mol. The summed E-state index contributed by atoms with van der Waals surface area (Å²) in [6.07, 6.45) is 1.77. The van der Waals surface area contributed by atoms with Crippen molar-refractivity contribution in [3.8, 4) is 0 Å². The van der Waals surface area contributed by atoms with Gasteiger partial charge in [0.2, 0.25) is 0 Å². The highest BCUT2D eigenvalue weighted by Crippen LogP contribution is 1.90. The number of carbonyl (C=O) groups is 1. The van der Waals surface area contributed by atoms with E-state index in [0.717, 1.165) is 0 Å². The van der Waals surface area contributed by atoms with Crippen molar-refractivity contribution in [3.05, 3.63) is 21.8 Å². The van der Waals surface area contributed by atoms with E-state index in [1.165, 1.54) is 6.08 Å². The van der Waals surface area contributed by atoms with Crippen molar-refractivity contribution in [2.45, 2.75) is 6.92 Å². The van der Waals surface area contributed by atoms with Gasteiger partial charge >= 0.3 is 0 Å². The van der Waals surface area contributed by atoms with Gasteiger partial charge in [-0.1, -0.05) is 0 Å². The van der Waals surface area contributed by atoms with E-state index in [0.29, 0.717) is 11.9 Å². The molecule has 0 aromatic rings. The van der Waals surface area contributed by atoms with Crippen LogP contribution in [0.2, 0.25) is 0 Å². The lowest BCUT2D eigenvalue weighted by atomic mass is 10.3. The number of hydrogen-bond donors (Lipinski definition) is 0. The topological polar surface area (TPSA) is 69.4 Å². The van der Waals surface area contributed by atoms with Crippen LogP contribution in [0.25, 0.3) is 0 Å². The molecule has 0 heterocycles. The van der Waals surface area contributed by atoms with Crippen LogP contribution in [0.4, 0.5) is 0 Å². The first-order valence-electron chi connectivity index (χ1n) is 2.55. The van der Waals surface area contributed by atoms with Crippen LogP contribution in [0, 0.1) is 10.1 Å². The molecule has 0 spiro atoms. The van der Waals surface area contributed by atoms with E-state index in [2.05, 4.69) is 4.84 Å². The maximum Gasteiger partial charge on any atom is 0.294 e. The van der Waals surface area contributed by atoms with Crippen molar-refractivity contribution in [3.63, 3.8) is 0 Å². The van der Waals surface area contributed by atoms with E-state index in [1.807, 2.05) is 0 Å². The Hall–Kier alpha value is -1.39. The maximum atomic E-state index is 9.76. The largest absolute Gasteiger partial charge is 0.309 e. The Kier molecular flexibility index (Phi) is 3.86. The normalized spacial score (nSPS) is 10.7. The summed E-state index contributed by atoms with van der Waals surface area (Å²) in [5.74, 6) is 0. The second kappa shape index (κ2) is 4.49. The first-order valence-corrected chi connectivity index (χ1v) is 2.55. The molecule has 0 radical (unpaired) electrons. The predicted molar refractivity (Wildman–Crippen MR) is 32.8 cm³/mol. The van der Waals surface area contributed by atoms with E-state index in [-0.39, 0.29) is 6.61 Å². The van der Waals surface area contributed by atoms with Crippen LogP contribution in [0.5, 0.6) is 0 Å². The van der Waals surface area contributed by atoms with Gasteiger partial charge < -0.3 is 4.84 Å². The van der Waals surface area contributed by atoms with Crippen molar-refractivity contribution >= 4 is 6.29 Å². The summed E-state index contributed by atoms with van der Waals surface area (Å²) in [6, 6.07) is 0. The second-order valence-corrected chi connectivity index (χ2v) is 1.65. The minimum absolute atomic E-state index is 0.147. The summed E-state index contributed by atoms with van der Waals surface area (Å²) in [5.41, 5.74) is 0.520. The molecular weight excluding hydrogens is 138 g/mol. The monoisotopic (exact) mass is 145 g/mol. The molecule has 5 nitrogen and oxygen atoms in total. The molecule has 0 aromatic carbocycles. The van der Waals surface area contributed by atoms with Crippen molar-refractivity contribution in [1.29, 1.82) is 0 Å². The van der Waals surface area contributed by atoms with Gasteiger partial charge in [0.1, 0.15) is 12.9 Å². The van der Waals surface area contributed by atoms with E-state index < -0.39 is 5.09 Å². The summed E-state index contributed by atoms with van der Waals surface area (Å²) >= 11 is 0. The summed E-state index contributed by atoms with van der Waals surface area (Å²) in [6.45, 7) is 1.42. The summed E-state index contributed by atoms with van der Waals surface area (Å²) < 4.78 is 0. The van der Waals surface area contributed by atoms with Crippen molar-refractivity contribution in [2.75, 3.05) is 6.61 Å². The SMILES string of the molecule is CC(=CC=O)CO[N+](=O)[O-]. The molecule has 0 fully saturated rings. The quantitative estimate of drug-likeness (QED) is 0.247. The standard InChI is InChI=1S/C5H7NO4/c1-5(2-3-7)4-10-6(8)9/h2-3H,4H2,1H3. The van der Waals surface area contributed by atoms with Crippen LogP contribution in [0.3, 0.4) is 0 Å². The van der Waals surface area contributed by atoms with Crippen LogP contribution in [-0.2, 0) is 9.63 Å². The number of nitrogens with zero attached hydrogens (tertiary/aromatic N) is 1. The first-order chi connectivity index (χ1) is 4.66. The Bertz CT molecular complexity index is 163. The van der Waals surface area contributed by atoms with Gasteiger partial charge in [0, 0.05) is 0 Å². The maximum absolute atomic E-state index is 9.76. The Balaban J connectivity index is 3.58. The molecule has 56 valence electrons. The van der Waals surface area contributed by atoms with Gasteiger partial charge in [0.15, 0.2) is 0 Å². The molecule has 0 aliphatic rings. The van der Waals surface area contributed by atoms with Gasteiger partial charge in [-0.15, -0.1) is 10.1 Å². The van der Waals surface area contributed by atoms with E-state index in [1.54, 1.807) is 6.92 Å². The minimum Gasteiger partial charge on any atom is -0.309 e. The van der Waals surface area contributed by atoms with Crippen LogP contribution in [0.1, 0.15) is 6.92 Å². The number of carbonyl (C=O) groups excluding carboxylic acids is 1. The van der Waals surface area contributed by atoms with Gasteiger partial charge in [-0.2, -0.15) is 0 Å². The van der Waals surface area contributed by atoms with Crippen LogP contribution >= 0.6 is 0 Å². The van der Waals surface area contributed by atoms with E-state index in [9.17, 15) is 14.9 Å². The third-order valence-corrected chi connectivity index (χ3v) is 0.750. The summed E-state index contributed by atoms with van der Waals surface area (Å²) in [7, 11) is 0. The predicted octanol–water partition coefficient (Wildman–Crippen LogP) is 0.340. The lowest BCUT2D eigenvalue weighted by Gasteiger charge is -1.94. The third kappa shape index (κ3) is 4.76. The molecule has 0 N–H and O–H groups in total. The molecule has 5 heteroatoms.